The molecule has 1 aliphatic rings. The van der Waals surface area contributed by atoms with Crippen LogP contribution >= 0.6 is 0 Å². The van der Waals surface area contributed by atoms with E-state index < -0.39 is 0 Å². The third-order valence-corrected chi connectivity index (χ3v) is 8.16. The van der Waals surface area contributed by atoms with Gasteiger partial charge in [-0.2, -0.15) is 0 Å². The lowest BCUT2D eigenvalue weighted by molar-refractivity contribution is 0.0935. The molecule has 10 nitrogen and oxygen atoms in total. The lowest BCUT2D eigenvalue weighted by Crippen LogP contribution is -2.38. The number of fused-ring (bicyclic) bond motifs is 1. The van der Waals surface area contributed by atoms with Crippen LogP contribution in [0.25, 0.3) is 12.2 Å². The summed E-state index contributed by atoms with van der Waals surface area (Å²) in [6.07, 6.45) is 6.21. The van der Waals surface area contributed by atoms with Crippen molar-refractivity contribution in [2.24, 2.45) is 0 Å². The Kier molecular flexibility index (Phi) is 11.8. The van der Waals surface area contributed by atoms with E-state index in [0.29, 0.717) is 59.0 Å². The number of hydrogen-bond donors (Lipinski definition) is 2. The first-order chi connectivity index (χ1) is 23.9. The largest absolute Gasteiger partial charge is 0.493 e. The molecule has 0 fully saturated rings. The van der Waals surface area contributed by atoms with Crippen LogP contribution in [-0.2, 0) is 0 Å². The molecule has 10 heteroatoms. The zero-order valence-corrected chi connectivity index (χ0v) is 28.9. The molecule has 1 unspecified atom stereocenters. The molecule has 1 heterocycles. The average Bonchev–Trinajstić information content (AvgIpc) is 3.13. The minimum atomic E-state index is -0.373. The molecule has 1 amide bonds. The lowest BCUT2D eigenvalue weighted by atomic mass is 10.0. The van der Waals surface area contributed by atoms with E-state index in [0.717, 1.165) is 47.2 Å². The van der Waals surface area contributed by atoms with E-state index in [4.69, 9.17) is 33.2 Å². The molecule has 258 valence electrons. The Bertz CT molecular complexity index is 1760. The molecule has 5 rings (SSSR count). The van der Waals surface area contributed by atoms with E-state index in [1.54, 1.807) is 35.5 Å². The number of ether oxygens (including phenoxy) is 7. The van der Waals surface area contributed by atoms with Crippen molar-refractivity contribution in [3.63, 3.8) is 0 Å². The Hall–Kier alpha value is -5.51. The van der Waals surface area contributed by atoms with E-state index >= 15 is 0 Å². The summed E-state index contributed by atoms with van der Waals surface area (Å²) < 4.78 is 39.7. The number of anilines is 1. The van der Waals surface area contributed by atoms with Gasteiger partial charge in [0.25, 0.3) is 5.91 Å². The molecule has 4 aromatic carbocycles. The van der Waals surface area contributed by atoms with Crippen molar-refractivity contribution in [1.82, 2.24) is 5.32 Å². The summed E-state index contributed by atoms with van der Waals surface area (Å²) in [5, 5.41) is 6.42. The van der Waals surface area contributed by atoms with Crippen LogP contribution < -0.4 is 43.8 Å². The molecule has 2 N–H and O–H groups in total. The number of aryl methyl sites for hydroxylation is 1. The highest BCUT2D eigenvalue weighted by atomic mass is 16.5. The van der Waals surface area contributed by atoms with E-state index in [1.165, 1.54) is 0 Å². The van der Waals surface area contributed by atoms with Crippen molar-refractivity contribution in [3.05, 3.63) is 94.5 Å². The summed E-state index contributed by atoms with van der Waals surface area (Å²) in [5.41, 5.74) is 5.21. The van der Waals surface area contributed by atoms with E-state index in [9.17, 15) is 4.79 Å². The zero-order chi connectivity index (χ0) is 34.8. The third-order valence-electron chi connectivity index (χ3n) is 8.16. The highest BCUT2D eigenvalue weighted by Gasteiger charge is 2.25. The molecule has 0 spiro atoms. The summed E-state index contributed by atoms with van der Waals surface area (Å²) in [4.78, 5) is 12.7. The number of hydrogen-bond acceptors (Lipinski definition) is 9. The van der Waals surface area contributed by atoms with Crippen LogP contribution in [0, 0.1) is 6.92 Å². The van der Waals surface area contributed by atoms with Gasteiger partial charge in [-0.25, -0.2) is 0 Å². The number of carbonyl (C=O) groups is 1. The van der Waals surface area contributed by atoms with Crippen LogP contribution in [0.2, 0.25) is 0 Å². The predicted molar refractivity (Wildman–Crippen MR) is 191 cm³/mol. The van der Waals surface area contributed by atoms with E-state index in [2.05, 4.69) is 10.6 Å². The first-order valence-corrected chi connectivity index (χ1v) is 16.1. The number of unbranched alkanes of at least 4 members (excludes halogenated alkanes) is 2. The summed E-state index contributed by atoms with van der Waals surface area (Å²) in [5.74, 6) is 4.24. The Labute approximate surface area is 287 Å². The summed E-state index contributed by atoms with van der Waals surface area (Å²) in [6.45, 7) is 3.04. The highest BCUT2D eigenvalue weighted by Crippen LogP contribution is 2.39. The Morgan fingerprint density at radius 1 is 0.592 bits per heavy atom. The molecule has 0 radical (unpaired) electrons. The molecule has 0 bridgehead atoms. The number of benzene rings is 4. The normalized spacial score (nSPS) is 13.6. The van der Waals surface area contributed by atoms with Gasteiger partial charge in [-0.3, -0.25) is 4.79 Å². The fourth-order valence-corrected chi connectivity index (χ4v) is 5.57. The SMILES string of the molecule is COc1cc(C2NC(=O)c3cc(C)ccc3N2)ccc1OCCCCCOc1cc(/C=C/c2cc(OC)c(OC)c(OC)c2)ccc1OC. The van der Waals surface area contributed by atoms with Gasteiger partial charge in [0.2, 0.25) is 5.75 Å². The highest BCUT2D eigenvalue weighted by molar-refractivity contribution is 6.01. The minimum absolute atomic E-state index is 0.110. The zero-order valence-electron chi connectivity index (χ0n) is 28.9. The summed E-state index contributed by atoms with van der Waals surface area (Å²) >= 11 is 0. The quantitative estimate of drug-likeness (QED) is 0.0918. The first kappa shape index (κ1) is 34.8. The third kappa shape index (κ3) is 8.51. The molecule has 1 aliphatic heterocycles. The van der Waals surface area contributed by atoms with Crippen LogP contribution in [0.5, 0.6) is 40.2 Å². The van der Waals surface area contributed by atoms with Crippen molar-refractivity contribution in [2.45, 2.75) is 32.4 Å². The fraction of sp³-hybridized carbons (Fsp3) is 0.308. The maximum Gasteiger partial charge on any atom is 0.255 e. The van der Waals surface area contributed by atoms with Gasteiger partial charge >= 0.3 is 0 Å². The lowest BCUT2D eigenvalue weighted by Gasteiger charge is -2.28. The van der Waals surface area contributed by atoms with Crippen molar-refractivity contribution < 1.29 is 38.0 Å². The molecular formula is C39H44N2O8. The van der Waals surface area contributed by atoms with Gasteiger partial charge in [-0.05, 0) is 91.4 Å². The van der Waals surface area contributed by atoms with E-state index in [1.807, 2.05) is 85.8 Å². The standard InChI is InChI=1S/C39H44N2O8/c1-25-10-15-30-29(20-25)39(42)41-38(40-30)28-14-17-32(33(24-28)44-3)48-18-8-7-9-19-49-34-21-26(13-16-31(34)43-2)11-12-27-22-35(45-4)37(47-6)36(23-27)46-5/h10-17,20-24,38,40H,7-9,18-19H2,1-6H3,(H,41,42)/b12-11+. The first-order valence-electron chi connectivity index (χ1n) is 16.1. The Morgan fingerprint density at radius 2 is 1.22 bits per heavy atom. The molecule has 0 saturated heterocycles. The average molecular weight is 669 g/mol. The van der Waals surface area contributed by atoms with Crippen molar-refractivity contribution >= 4 is 23.7 Å². The molecule has 4 aromatic rings. The van der Waals surface area contributed by atoms with Gasteiger partial charge in [-0.15, -0.1) is 0 Å². The topological polar surface area (TPSA) is 106 Å². The predicted octanol–water partition coefficient (Wildman–Crippen LogP) is 7.69. The van der Waals surface area contributed by atoms with Gasteiger partial charge < -0.3 is 43.8 Å². The number of amides is 1. The van der Waals surface area contributed by atoms with E-state index in [-0.39, 0.29) is 12.1 Å². The molecular weight excluding hydrogens is 624 g/mol. The molecule has 0 aromatic heterocycles. The molecule has 1 atom stereocenters. The van der Waals surface area contributed by atoms with Gasteiger partial charge in [0.05, 0.1) is 54.3 Å². The maximum atomic E-state index is 12.7. The van der Waals surface area contributed by atoms with Gasteiger partial charge in [0.1, 0.15) is 6.17 Å². The van der Waals surface area contributed by atoms with Crippen molar-refractivity contribution in [3.8, 4) is 40.2 Å². The van der Waals surface area contributed by atoms with Gasteiger partial charge in [-0.1, -0.05) is 35.9 Å². The summed E-state index contributed by atoms with van der Waals surface area (Å²) in [6, 6.07) is 21.1. The van der Waals surface area contributed by atoms with Gasteiger partial charge in [0.15, 0.2) is 34.5 Å². The maximum absolute atomic E-state index is 12.7. The second kappa shape index (κ2) is 16.5. The molecule has 0 saturated carbocycles. The van der Waals surface area contributed by atoms with Crippen LogP contribution in [0.1, 0.15) is 58.0 Å². The van der Waals surface area contributed by atoms with Crippen LogP contribution in [0.4, 0.5) is 5.69 Å². The smallest absolute Gasteiger partial charge is 0.255 e. The number of methoxy groups -OCH3 is 5. The van der Waals surface area contributed by atoms with Crippen molar-refractivity contribution in [1.29, 1.82) is 0 Å². The van der Waals surface area contributed by atoms with Crippen molar-refractivity contribution in [2.75, 3.05) is 54.1 Å². The second-order valence-electron chi connectivity index (χ2n) is 11.5. The molecule has 0 aliphatic carbocycles. The van der Waals surface area contributed by atoms with Crippen LogP contribution in [0.3, 0.4) is 0 Å². The summed E-state index contributed by atoms with van der Waals surface area (Å²) in [7, 11) is 8.02. The second-order valence-corrected chi connectivity index (χ2v) is 11.5. The Morgan fingerprint density at radius 3 is 1.90 bits per heavy atom. The minimum Gasteiger partial charge on any atom is -0.493 e. The Balaban J connectivity index is 1.10. The van der Waals surface area contributed by atoms with Crippen LogP contribution in [-0.4, -0.2) is 54.7 Å². The van der Waals surface area contributed by atoms with Gasteiger partial charge in [0, 0.05) is 5.69 Å². The fourth-order valence-electron chi connectivity index (χ4n) is 5.57. The number of rotatable bonds is 16. The molecule has 49 heavy (non-hydrogen) atoms. The van der Waals surface area contributed by atoms with Crippen LogP contribution in [0.15, 0.2) is 66.7 Å². The monoisotopic (exact) mass is 668 g/mol. The number of carbonyl (C=O) groups excluding carboxylic acids is 1. The number of nitrogens with one attached hydrogen (secondary N) is 2.